The fourth-order valence-corrected chi connectivity index (χ4v) is 2.50. The van der Waals surface area contributed by atoms with Crippen LogP contribution in [0.5, 0.6) is 0 Å². The van der Waals surface area contributed by atoms with Gasteiger partial charge in [-0.3, -0.25) is 4.79 Å². The van der Waals surface area contributed by atoms with E-state index in [9.17, 15) is 4.79 Å². The maximum atomic E-state index is 12.0. The fraction of sp³-hybridized carbons (Fsp3) is 0.278. The summed E-state index contributed by atoms with van der Waals surface area (Å²) in [6.07, 6.45) is 2.59. The summed E-state index contributed by atoms with van der Waals surface area (Å²) < 4.78 is 0. The summed E-state index contributed by atoms with van der Waals surface area (Å²) in [5, 5.41) is 2.67. The first-order valence-electron chi connectivity index (χ1n) is 7.29. The van der Waals surface area contributed by atoms with Crippen molar-refractivity contribution in [3.05, 3.63) is 71.8 Å². The Morgan fingerprint density at radius 3 is 2.14 bits per heavy atom. The Morgan fingerprint density at radius 1 is 0.952 bits per heavy atom. The molecule has 0 bridgehead atoms. The van der Waals surface area contributed by atoms with Crippen molar-refractivity contribution in [2.45, 2.75) is 24.5 Å². The molecular formula is C18H21NOS. The van der Waals surface area contributed by atoms with Crippen LogP contribution >= 0.6 is 12.6 Å². The monoisotopic (exact) mass is 299 g/mol. The van der Waals surface area contributed by atoms with E-state index >= 15 is 0 Å². The van der Waals surface area contributed by atoms with Gasteiger partial charge in [0.1, 0.15) is 0 Å². The Morgan fingerprint density at radius 2 is 1.52 bits per heavy atom. The minimum Gasteiger partial charge on any atom is -0.355 e. The van der Waals surface area contributed by atoms with Gasteiger partial charge in [0.2, 0.25) is 5.91 Å². The standard InChI is InChI=1S/C18H21NOS/c20-18(17(21)14-16-10-5-2-6-11-16)19-13-7-12-15-8-3-1-4-9-15/h1-6,8-11,17,21H,7,12-14H2,(H,19,20). The predicted molar refractivity (Wildman–Crippen MR) is 90.7 cm³/mol. The molecule has 1 atom stereocenters. The lowest BCUT2D eigenvalue weighted by molar-refractivity contribution is -0.120. The van der Waals surface area contributed by atoms with E-state index in [-0.39, 0.29) is 11.2 Å². The zero-order valence-electron chi connectivity index (χ0n) is 12.0. The third-order valence-corrected chi connectivity index (χ3v) is 3.78. The number of carbonyl (C=O) groups excluding carboxylic acids is 1. The molecule has 0 fully saturated rings. The lowest BCUT2D eigenvalue weighted by atomic mass is 10.1. The van der Waals surface area contributed by atoms with E-state index in [1.807, 2.05) is 48.5 Å². The summed E-state index contributed by atoms with van der Waals surface area (Å²) in [6, 6.07) is 20.3. The van der Waals surface area contributed by atoms with Gasteiger partial charge >= 0.3 is 0 Å². The number of thiol groups is 1. The molecule has 3 heteroatoms. The summed E-state index contributed by atoms with van der Waals surface area (Å²) in [5.41, 5.74) is 2.44. The Kier molecular flexibility index (Phi) is 6.35. The third kappa shape index (κ3) is 5.64. The van der Waals surface area contributed by atoms with Crippen molar-refractivity contribution in [1.82, 2.24) is 5.32 Å². The number of hydrogen-bond acceptors (Lipinski definition) is 2. The number of rotatable bonds is 7. The second kappa shape index (κ2) is 8.53. The number of hydrogen-bond donors (Lipinski definition) is 2. The predicted octanol–water partition coefficient (Wildman–Crippen LogP) is 3.28. The smallest absolute Gasteiger partial charge is 0.233 e. The molecule has 0 saturated carbocycles. The average molecular weight is 299 g/mol. The molecule has 0 saturated heterocycles. The van der Waals surface area contributed by atoms with E-state index in [0.29, 0.717) is 13.0 Å². The van der Waals surface area contributed by atoms with Crippen LogP contribution in [0.4, 0.5) is 0 Å². The number of benzene rings is 2. The molecule has 0 radical (unpaired) electrons. The van der Waals surface area contributed by atoms with Crippen molar-refractivity contribution >= 4 is 18.5 Å². The van der Waals surface area contributed by atoms with Crippen LogP contribution in [0.1, 0.15) is 17.5 Å². The molecule has 21 heavy (non-hydrogen) atoms. The average Bonchev–Trinajstić information content (AvgIpc) is 2.53. The van der Waals surface area contributed by atoms with Crippen molar-refractivity contribution in [2.24, 2.45) is 0 Å². The van der Waals surface area contributed by atoms with Crippen molar-refractivity contribution in [2.75, 3.05) is 6.54 Å². The summed E-state index contributed by atoms with van der Waals surface area (Å²) in [4.78, 5) is 12.0. The van der Waals surface area contributed by atoms with Crippen molar-refractivity contribution < 1.29 is 4.79 Å². The fourth-order valence-electron chi connectivity index (χ4n) is 2.20. The van der Waals surface area contributed by atoms with Crippen LogP contribution in [-0.2, 0) is 17.6 Å². The van der Waals surface area contributed by atoms with E-state index in [4.69, 9.17) is 0 Å². The van der Waals surface area contributed by atoms with Crippen LogP contribution in [0.15, 0.2) is 60.7 Å². The lowest BCUT2D eigenvalue weighted by Crippen LogP contribution is -2.33. The molecule has 0 heterocycles. The molecule has 2 aromatic rings. The lowest BCUT2D eigenvalue weighted by Gasteiger charge is -2.11. The highest BCUT2D eigenvalue weighted by atomic mass is 32.1. The van der Waals surface area contributed by atoms with Crippen LogP contribution in [-0.4, -0.2) is 17.7 Å². The molecule has 2 aromatic carbocycles. The maximum absolute atomic E-state index is 12.0. The Bertz CT molecular complexity index is 542. The topological polar surface area (TPSA) is 29.1 Å². The number of carbonyl (C=O) groups is 1. The Labute approximate surface area is 132 Å². The minimum absolute atomic E-state index is 0.00949. The molecule has 1 N–H and O–H groups in total. The highest BCUT2D eigenvalue weighted by molar-refractivity contribution is 7.81. The van der Waals surface area contributed by atoms with Gasteiger partial charge < -0.3 is 5.32 Å². The molecule has 0 aliphatic carbocycles. The highest BCUT2D eigenvalue weighted by Gasteiger charge is 2.13. The van der Waals surface area contributed by atoms with Crippen molar-refractivity contribution in [3.63, 3.8) is 0 Å². The van der Waals surface area contributed by atoms with Gasteiger partial charge in [-0.15, -0.1) is 0 Å². The summed E-state index contributed by atoms with van der Waals surface area (Å²) in [7, 11) is 0. The SMILES string of the molecule is O=C(NCCCc1ccccc1)C(S)Cc1ccccc1. The van der Waals surface area contributed by atoms with Crippen molar-refractivity contribution in [1.29, 1.82) is 0 Å². The maximum Gasteiger partial charge on any atom is 0.233 e. The third-order valence-electron chi connectivity index (χ3n) is 3.36. The molecule has 2 nitrogen and oxygen atoms in total. The number of nitrogens with one attached hydrogen (secondary N) is 1. The van der Waals surface area contributed by atoms with Crippen molar-refractivity contribution in [3.8, 4) is 0 Å². The van der Waals surface area contributed by atoms with E-state index in [2.05, 4.69) is 30.1 Å². The van der Waals surface area contributed by atoms with E-state index in [1.165, 1.54) is 5.56 Å². The van der Waals surface area contributed by atoms with Crippen LogP contribution in [0, 0.1) is 0 Å². The van der Waals surface area contributed by atoms with Crippen LogP contribution in [0.2, 0.25) is 0 Å². The first kappa shape index (κ1) is 15.6. The minimum atomic E-state index is -0.288. The van der Waals surface area contributed by atoms with Gasteiger partial charge in [-0.2, -0.15) is 12.6 Å². The first-order valence-corrected chi connectivity index (χ1v) is 7.81. The van der Waals surface area contributed by atoms with Gasteiger partial charge in [0.25, 0.3) is 0 Å². The number of aryl methyl sites for hydroxylation is 1. The van der Waals surface area contributed by atoms with Gasteiger partial charge in [0, 0.05) is 6.54 Å². The largest absolute Gasteiger partial charge is 0.355 e. The quantitative estimate of drug-likeness (QED) is 0.596. The zero-order valence-corrected chi connectivity index (χ0v) is 12.9. The van der Waals surface area contributed by atoms with Crippen LogP contribution in [0.3, 0.4) is 0 Å². The molecule has 1 amide bonds. The molecule has 2 rings (SSSR count). The molecular weight excluding hydrogens is 278 g/mol. The van der Waals surface area contributed by atoms with Crippen LogP contribution in [0.25, 0.3) is 0 Å². The highest BCUT2D eigenvalue weighted by Crippen LogP contribution is 2.08. The summed E-state index contributed by atoms with van der Waals surface area (Å²) in [5.74, 6) is 0.00949. The Hall–Kier alpha value is -1.74. The molecule has 0 aliphatic heterocycles. The van der Waals surface area contributed by atoms with Gasteiger partial charge in [0.05, 0.1) is 5.25 Å². The first-order chi connectivity index (χ1) is 10.3. The molecule has 0 spiro atoms. The number of amides is 1. The summed E-state index contributed by atoms with van der Waals surface area (Å²) in [6.45, 7) is 0.694. The van der Waals surface area contributed by atoms with E-state index < -0.39 is 0 Å². The van der Waals surface area contributed by atoms with Gasteiger partial charge in [-0.1, -0.05) is 60.7 Å². The van der Waals surface area contributed by atoms with Gasteiger partial charge in [-0.05, 0) is 30.4 Å². The molecule has 0 aromatic heterocycles. The summed E-state index contributed by atoms with van der Waals surface area (Å²) >= 11 is 4.40. The van der Waals surface area contributed by atoms with Gasteiger partial charge in [-0.25, -0.2) is 0 Å². The molecule has 1 unspecified atom stereocenters. The van der Waals surface area contributed by atoms with E-state index in [1.54, 1.807) is 0 Å². The van der Waals surface area contributed by atoms with E-state index in [0.717, 1.165) is 18.4 Å². The second-order valence-corrected chi connectivity index (χ2v) is 5.71. The normalized spacial score (nSPS) is 11.9. The van der Waals surface area contributed by atoms with Crippen LogP contribution < -0.4 is 5.32 Å². The zero-order chi connectivity index (χ0) is 14.9. The second-order valence-electron chi connectivity index (χ2n) is 5.09. The molecule has 0 aliphatic rings. The Balaban J connectivity index is 1.67. The van der Waals surface area contributed by atoms with Gasteiger partial charge in [0.15, 0.2) is 0 Å². The molecule has 110 valence electrons.